The molecule has 0 bridgehead atoms. The Morgan fingerprint density at radius 3 is 1.26 bits per heavy atom. The van der Waals surface area contributed by atoms with Gasteiger partial charge in [-0.2, -0.15) is 0 Å². The van der Waals surface area contributed by atoms with Crippen molar-refractivity contribution in [1.29, 1.82) is 0 Å². The second kappa shape index (κ2) is 25.3. The van der Waals surface area contributed by atoms with Crippen LogP contribution < -0.4 is 15.4 Å². The monoisotopic (exact) mass is 1360 g/mol. The summed E-state index contributed by atoms with van der Waals surface area (Å²) < 4.78 is 18.4. The largest absolute Gasteiger partial charge is 0.505 e. The van der Waals surface area contributed by atoms with Crippen LogP contribution in [-0.2, 0) is 36.3 Å². The molecule has 6 aromatic carbocycles. The summed E-state index contributed by atoms with van der Waals surface area (Å²) in [5.74, 6) is -3.20. The molecule has 0 saturated carbocycles. The number of phenols is 2. The molecule has 22 heteroatoms. The van der Waals surface area contributed by atoms with E-state index in [1.54, 1.807) is 84.0 Å². The van der Waals surface area contributed by atoms with Crippen molar-refractivity contribution in [3.05, 3.63) is 184 Å². The fraction of sp³-hybridized carbons (Fsp3) is 0.379. The quantitative estimate of drug-likeness (QED) is 0.0321. The van der Waals surface area contributed by atoms with E-state index < -0.39 is 45.4 Å². The van der Waals surface area contributed by atoms with E-state index in [4.69, 9.17) is 117 Å². The van der Waals surface area contributed by atoms with Crippen LogP contribution in [0.3, 0.4) is 0 Å². The minimum atomic E-state index is -1.70. The second-order valence-corrected chi connectivity index (χ2v) is 27.5. The van der Waals surface area contributed by atoms with Gasteiger partial charge in [0.15, 0.2) is 28.5 Å². The predicted molar refractivity (Wildman–Crippen MR) is 343 cm³/mol. The molecule has 88 heavy (non-hydrogen) atoms. The Morgan fingerprint density at radius 2 is 0.864 bits per heavy atom. The number of hydrogen-bond donors (Lipinski definition) is 6. The first-order valence-corrected chi connectivity index (χ1v) is 31.6. The standard InChI is InChI=1S/C36H37Cl4NO6.C30H27Cl4NO6/c1-18-24(37)16-22-26(28(18)39)35(5,6)27-23(17-25(38)30(29(27)40)46-33(45)34(2,3)4)36(22)21-15-19(11-12-20(21)32(44)47-36)31(43)41-13-9-7-8-10-14-42;1-29(2)21-17(12-19(31)25(37)23(21)33)30(18-13-20(32)26(38)24(34)22(18)29)16-11-14(7-8-15(16)28(40)41-30)27(39)35-9-5-3-4-6-10-36/h11-12,15-17,42H,7-10,13-14H2,1-6H3,(H,41,43);7-8,11-13,36-38H,3-6,9-10H2,1-2H3,(H,35,39). The van der Waals surface area contributed by atoms with Gasteiger partial charge in [-0.05, 0) is 142 Å². The van der Waals surface area contributed by atoms with Gasteiger partial charge in [-0.15, -0.1) is 0 Å². The molecule has 6 N–H and O–H groups in total. The summed E-state index contributed by atoms with van der Waals surface area (Å²) in [5, 5.41) is 45.8. The first-order chi connectivity index (χ1) is 41.3. The van der Waals surface area contributed by atoms with Crippen molar-refractivity contribution in [2.24, 2.45) is 5.41 Å². The van der Waals surface area contributed by atoms with E-state index in [1.807, 2.05) is 13.8 Å². The number of hydrogen-bond acceptors (Lipinski definition) is 12. The molecule has 14 nitrogen and oxygen atoms in total. The van der Waals surface area contributed by atoms with E-state index in [0.29, 0.717) is 96.3 Å². The van der Waals surface area contributed by atoms with Crippen molar-refractivity contribution in [2.75, 3.05) is 26.3 Å². The Bertz CT molecular complexity index is 3850. The number of esters is 3. The summed E-state index contributed by atoms with van der Waals surface area (Å²) in [6, 6.07) is 15.7. The number of benzene rings is 6. The number of carbonyl (C=O) groups excluding carboxylic acids is 5. The van der Waals surface area contributed by atoms with E-state index in [2.05, 4.69) is 10.6 Å². The molecule has 466 valence electrons. The number of fused-ring (bicyclic) bond motifs is 12. The van der Waals surface area contributed by atoms with Crippen LogP contribution in [0.25, 0.3) is 0 Å². The summed E-state index contributed by atoms with van der Waals surface area (Å²) in [7, 11) is 0. The number of aromatic hydroxyl groups is 2. The molecule has 4 aliphatic rings. The van der Waals surface area contributed by atoms with Gasteiger partial charge >= 0.3 is 17.9 Å². The van der Waals surface area contributed by atoms with E-state index >= 15 is 0 Å². The number of rotatable bonds is 15. The molecule has 2 aliphatic heterocycles. The van der Waals surface area contributed by atoms with Crippen molar-refractivity contribution >= 4 is 123 Å². The van der Waals surface area contributed by atoms with Gasteiger partial charge in [-0.25, -0.2) is 9.59 Å². The summed E-state index contributed by atoms with van der Waals surface area (Å²) in [4.78, 5) is 66.6. The molecule has 2 aliphatic carbocycles. The molecule has 0 saturated heterocycles. The van der Waals surface area contributed by atoms with Crippen LogP contribution in [0.2, 0.25) is 40.2 Å². The number of ether oxygens (including phenoxy) is 3. The summed E-state index contributed by atoms with van der Waals surface area (Å²) >= 11 is 54.1. The zero-order chi connectivity index (χ0) is 64.5. The zero-order valence-electron chi connectivity index (χ0n) is 49.3. The number of nitrogens with one attached hydrogen (secondary N) is 2. The lowest BCUT2D eigenvalue weighted by atomic mass is 9.61. The van der Waals surface area contributed by atoms with E-state index in [1.165, 1.54) is 18.2 Å². The zero-order valence-corrected chi connectivity index (χ0v) is 55.4. The van der Waals surface area contributed by atoms with Crippen molar-refractivity contribution in [1.82, 2.24) is 10.6 Å². The molecule has 0 radical (unpaired) electrons. The lowest BCUT2D eigenvalue weighted by Crippen LogP contribution is -2.42. The third kappa shape index (κ3) is 11.3. The topological polar surface area (TPSA) is 218 Å². The molecule has 10 rings (SSSR count). The van der Waals surface area contributed by atoms with Crippen LogP contribution in [0.5, 0.6) is 17.2 Å². The highest BCUT2D eigenvalue weighted by Gasteiger charge is 2.60. The SMILES string of the molecule is CC1(C)c2c(cc(Cl)c(O)c2Cl)C2(OC(=O)c3ccc(C(=O)NCCCCCCO)cc32)c2cc(Cl)c(O)c(Cl)c21.Cc1c(Cl)cc2c(c1Cl)C(C)(C)c1c(cc(Cl)c(OC(=O)C(C)(C)C)c1Cl)C21OC(=O)c2ccc(C(=O)NCCCCCCO)cc21. The minimum Gasteiger partial charge on any atom is -0.505 e. The van der Waals surface area contributed by atoms with Crippen molar-refractivity contribution < 1.29 is 58.6 Å². The van der Waals surface area contributed by atoms with Crippen LogP contribution in [0.15, 0.2) is 60.7 Å². The van der Waals surface area contributed by atoms with Crippen molar-refractivity contribution in [2.45, 2.75) is 129 Å². The molecule has 0 aromatic heterocycles. The van der Waals surface area contributed by atoms with Gasteiger partial charge < -0.3 is 45.3 Å². The van der Waals surface area contributed by atoms with Gasteiger partial charge in [0.1, 0.15) is 0 Å². The lowest BCUT2D eigenvalue weighted by Gasteiger charge is -2.46. The molecular formula is C66H64Cl8N2O12. The molecule has 0 fully saturated rings. The van der Waals surface area contributed by atoms with Gasteiger partial charge in [-0.3, -0.25) is 14.4 Å². The maximum atomic E-state index is 13.7. The van der Waals surface area contributed by atoms with Crippen LogP contribution in [-0.4, -0.2) is 76.5 Å². The second-order valence-electron chi connectivity index (χ2n) is 24.4. The number of amides is 2. The highest BCUT2D eigenvalue weighted by Crippen LogP contribution is 2.65. The van der Waals surface area contributed by atoms with Gasteiger partial charge in [0.25, 0.3) is 11.8 Å². The first kappa shape index (κ1) is 66.9. The maximum absolute atomic E-state index is 13.7. The Kier molecular flexibility index (Phi) is 19.2. The molecule has 2 spiro atoms. The van der Waals surface area contributed by atoms with Crippen molar-refractivity contribution in [3.8, 4) is 17.2 Å². The Morgan fingerprint density at radius 1 is 0.500 bits per heavy atom. The molecule has 6 aromatic rings. The third-order valence-electron chi connectivity index (χ3n) is 16.8. The third-order valence-corrected chi connectivity index (χ3v) is 19.6. The molecular weight excluding hydrogens is 1300 g/mol. The molecule has 2 heterocycles. The fourth-order valence-corrected chi connectivity index (χ4v) is 15.2. The smallest absolute Gasteiger partial charge is 0.340 e. The number of phenolic OH excluding ortho intramolecular Hbond substituents is 2. The molecule has 1 atom stereocenters. The normalized spacial score (nSPS) is 16.7. The number of halogens is 8. The minimum absolute atomic E-state index is 0.0165. The first-order valence-electron chi connectivity index (χ1n) is 28.6. The Hall–Kier alpha value is -5.49. The van der Waals surface area contributed by atoms with Crippen LogP contribution >= 0.6 is 92.8 Å². The summed E-state index contributed by atoms with van der Waals surface area (Å²) in [5.41, 5.74) is -0.129. The average Bonchev–Trinajstić information content (AvgIpc) is 1.26. The van der Waals surface area contributed by atoms with Crippen LogP contribution in [0.4, 0.5) is 0 Å². The van der Waals surface area contributed by atoms with E-state index in [0.717, 1.165) is 44.9 Å². The number of aliphatic hydroxyl groups excluding tert-OH is 2. The van der Waals surface area contributed by atoms with Gasteiger partial charge in [0, 0.05) is 91.7 Å². The predicted octanol–water partition coefficient (Wildman–Crippen LogP) is 16.0. The Balaban J connectivity index is 0.000000211. The average molecular weight is 1360 g/mol. The van der Waals surface area contributed by atoms with Crippen molar-refractivity contribution in [3.63, 3.8) is 0 Å². The van der Waals surface area contributed by atoms with E-state index in [-0.39, 0.29) is 89.1 Å². The van der Waals surface area contributed by atoms with Gasteiger partial charge in [-0.1, -0.05) is 146 Å². The van der Waals surface area contributed by atoms with Crippen LogP contribution in [0.1, 0.15) is 202 Å². The summed E-state index contributed by atoms with van der Waals surface area (Å²) in [6.45, 7) is 15.6. The number of unbranched alkanes of at least 4 members (excludes halogenated alkanes) is 6. The van der Waals surface area contributed by atoms with E-state index in [9.17, 15) is 34.2 Å². The highest BCUT2D eigenvalue weighted by molar-refractivity contribution is 6.40. The molecule has 1 unspecified atom stereocenters. The van der Waals surface area contributed by atoms with Gasteiger partial charge in [0.2, 0.25) is 0 Å². The fourth-order valence-electron chi connectivity index (χ4n) is 12.4. The number of aliphatic hydroxyl groups is 2. The maximum Gasteiger partial charge on any atom is 0.340 e. The molecule has 2 amide bonds. The highest BCUT2D eigenvalue weighted by atomic mass is 35.5. The summed E-state index contributed by atoms with van der Waals surface area (Å²) in [6.07, 6.45) is 6.41. The van der Waals surface area contributed by atoms with Crippen LogP contribution in [0, 0.1) is 12.3 Å². The lowest BCUT2D eigenvalue weighted by molar-refractivity contribution is -0.143. The Labute approximate surface area is 549 Å². The van der Waals surface area contributed by atoms with Gasteiger partial charge in [0.05, 0.1) is 46.7 Å². The number of carbonyl (C=O) groups is 5.